The highest BCUT2D eigenvalue weighted by molar-refractivity contribution is 5.45. The van der Waals surface area contributed by atoms with Crippen LogP contribution >= 0.6 is 0 Å². The molecule has 0 unspecified atom stereocenters. The minimum Gasteiger partial charge on any atom is -0.363 e. The van der Waals surface area contributed by atoms with Gasteiger partial charge >= 0.3 is 0 Å². The minimum atomic E-state index is -0.205. The summed E-state index contributed by atoms with van der Waals surface area (Å²) in [6.45, 7) is 3.31. The molecule has 0 aromatic carbocycles. The number of halogens is 1. The van der Waals surface area contributed by atoms with Gasteiger partial charge < -0.3 is 4.90 Å². The first-order valence-electron chi connectivity index (χ1n) is 6.02. The molecule has 1 aliphatic heterocycles. The fourth-order valence-corrected chi connectivity index (χ4v) is 2.33. The molecule has 2 aromatic heterocycles. The van der Waals surface area contributed by atoms with Crippen molar-refractivity contribution in [3.05, 3.63) is 41.2 Å². The van der Waals surface area contributed by atoms with Crippen LogP contribution in [0.4, 0.5) is 10.1 Å². The van der Waals surface area contributed by atoms with Crippen molar-refractivity contribution < 1.29 is 4.39 Å². The van der Waals surface area contributed by atoms with Gasteiger partial charge in [-0.3, -0.25) is 9.67 Å². The molecule has 0 radical (unpaired) electrons. The molecule has 94 valence electrons. The van der Waals surface area contributed by atoms with Crippen molar-refractivity contribution in [2.24, 2.45) is 7.05 Å². The van der Waals surface area contributed by atoms with E-state index in [1.807, 2.05) is 19.4 Å². The molecule has 0 bridgehead atoms. The number of anilines is 1. The van der Waals surface area contributed by atoms with Crippen LogP contribution in [0, 0.1) is 12.7 Å². The third kappa shape index (κ3) is 1.85. The Hall–Kier alpha value is -1.91. The molecule has 5 heteroatoms. The third-order valence-corrected chi connectivity index (χ3v) is 3.37. The summed E-state index contributed by atoms with van der Waals surface area (Å²) in [6, 6.07) is 1.62. The van der Waals surface area contributed by atoms with Gasteiger partial charge in [0.05, 0.1) is 29.8 Å². The number of nitrogens with zero attached hydrogens (tertiary/aromatic N) is 4. The summed E-state index contributed by atoms with van der Waals surface area (Å²) in [5, 5.41) is 4.17. The van der Waals surface area contributed by atoms with E-state index in [1.54, 1.807) is 17.7 Å². The third-order valence-electron chi connectivity index (χ3n) is 3.37. The monoisotopic (exact) mass is 246 g/mol. The fraction of sp³-hybridized carbons (Fsp3) is 0.385. The molecule has 18 heavy (non-hydrogen) atoms. The summed E-state index contributed by atoms with van der Waals surface area (Å²) in [5.41, 5.74) is 3.57. The lowest BCUT2D eigenvalue weighted by atomic mass is 10.0. The number of rotatable bonds is 1. The van der Waals surface area contributed by atoms with Crippen molar-refractivity contribution in [3.8, 4) is 0 Å². The van der Waals surface area contributed by atoms with Gasteiger partial charge in [0, 0.05) is 19.8 Å². The zero-order valence-electron chi connectivity index (χ0n) is 10.5. The van der Waals surface area contributed by atoms with Crippen LogP contribution in [0.2, 0.25) is 0 Å². The molecule has 0 spiro atoms. The van der Waals surface area contributed by atoms with Crippen LogP contribution in [0.3, 0.4) is 0 Å². The van der Waals surface area contributed by atoms with E-state index in [1.165, 1.54) is 0 Å². The Bertz CT molecular complexity index is 591. The lowest BCUT2D eigenvalue weighted by Crippen LogP contribution is -2.31. The molecule has 0 aliphatic carbocycles. The van der Waals surface area contributed by atoms with Gasteiger partial charge in [-0.05, 0) is 25.0 Å². The van der Waals surface area contributed by atoms with Gasteiger partial charge in [-0.25, -0.2) is 4.39 Å². The fourth-order valence-electron chi connectivity index (χ4n) is 2.33. The molecule has 0 saturated heterocycles. The second-order valence-electron chi connectivity index (χ2n) is 4.71. The zero-order valence-corrected chi connectivity index (χ0v) is 10.5. The molecule has 0 saturated carbocycles. The van der Waals surface area contributed by atoms with Crippen LogP contribution in [-0.4, -0.2) is 21.3 Å². The largest absolute Gasteiger partial charge is 0.363 e. The first kappa shape index (κ1) is 11.2. The lowest BCUT2D eigenvalue weighted by Gasteiger charge is -2.28. The molecule has 0 fully saturated rings. The maximum atomic E-state index is 13.4. The Morgan fingerprint density at radius 2 is 2.22 bits per heavy atom. The summed E-state index contributed by atoms with van der Waals surface area (Å²) in [5.74, 6) is -0.205. The molecule has 0 N–H and O–H groups in total. The Morgan fingerprint density at radius 1 is 1.39 bits per heavy atom. The molecule has 0 amide bonds. The number of aryl methyl sites for hydroxylation is 2. The second kappa shape index (κ2) is 4.08. The van der Waals surface area contributed by atoms with Crippen molar-refractivity contribution >= 4 is 5.69 Å². The average molecular weight is 246 g/mol. The maximum absolute atomic E-state index is 13.4. The standard InChI is InChI=1S/C13H15FN4/c1-9-12(14)5-10-3-4-18(8-13(10)16-9)11-6-15-17(2)7-11/h5-7H,3-4,8H2,1-2H3. The van der Waals surface area contributed by atoms with Crippen molar-refractivity contribution in [1.29, 1.82) is 0 Å². The van der Waals surface area contributed by atoms with Crippen LogP contribution < -0.4 is 4.90 Å². The van der Waals surface area contributed by atoms with Gasteiger partial charge in [0.2, 0.25) is 0 Å². The molecular formula is C13H15FN4. The Kier molecular flexibility index (Phi) is 2.54. The van der Waals surface area contributed by atoms with Gasteiger partial charge in [0.1, 0.15) is 5.82 Å². The van der Waals surface area contributed by atoms with Crippen LogP contribution in [0.1, 0.15) is 17.0 Å². The first-order chi connectivity index (χ1) is 8.63. The molecule has 2 aromatic rings. The first-order valence-corrected chi connectivity index (χ1v) is 6.02. The molecule has 0 atom stereocenters. The second-order valence-corrected chi connectivity index (χ2v) is 4.71. The minimum absolute atomic E-state index is 0.205. The maximum Gasteiger partial charge on any atom is 0.144 e. The van der Waals surface area contributed by atoms with Gasteiger partial charge in [-0.15, -0.1) is 0 Å². The van der Waals surface area contributed by atoms with Crippen LogP contribution in [0.5, 0.6) is 0 Å². The summed E-state index contributed by atoms with van der Waals surface area (Å²) in [7, 11) is 1.90. The summed E-state index contributed by atoms with van der Waals surface area (Å²) >= 11 is 0. The molecule has 1 aliphatic rings. The highest BCUT2D eigenvalue weighted by atomic mass is 19.1. The predicted molar refractivity (Wildman–Crippen MR) is 66.9 cm³/mol. The predicted octanol–water partition coefficient (Wildman–Crippen LogP) is 1.83. The van der Waals surface area contributed by atoms with Crippen molar-refractivity contribution in [2.45, 2.75) is 19.9 Å². The van der Waals surface area contributed by atoms with E-state index in [-0.39, 0.29) is 5.82 Å². The quantitative estimate of drug-likeness (QED) is 0.769. The van der Waals surface area contributed by atoms with Crippen LogP contribution in [-0.2, 0) is 20.0 Å². The van der Waals surface area contributed by atoms with Gasteiger partial charge in [-0.2, -0.15) is 5.10 Å². The Balaban J connectivity index is 1.91. The lowest BCUT2D eigenvalue weighted by molar-refractivity contribution is 0.594. The SMILES string of the molecule is Cc1nc2c(cc1F)CCN(c1cnn(C)c1)C2. The van der Waals surface area contributed by atoms with Crippen molar-refractivity contribution in [3.63, 3.8) is 0 Å². The smallest absolute Gasteiger partial charge is 0.144 e. The van der Waals surface area contributed by atoms with E-state index in [0.29, 0.717) is 5.69 Å². The summed E-state index contributed by atoms with van der Waals surface area (Å²) in [4.78, 5) is 6.57. The highest BCUT2D eigenvalue weighted by Crippen LogP contribution is 2.23. The van der Waals surface area contributed by atoms with Gasteiger partial charge in [-0.1, -0.05) is 0 Å². The van der Waals surface area contributed by atoms with E-state index in [2.05, 4.69) is 15.0 Å². The summed E-state index contributed by atoms with van der Waals surface area (Å²) in [6.07, 6.45) is 4.66. The molecule has 4 nitrogen and oxygen atoms in total. The van der Waals surface area contributed by atoms with Crippen molar-refractivity contribution in [1.82, 2.24) is 14.8 Å². The van der Waals surface area contributed by atoms with E-state index >= 15 is 0 Å². The van der Waals surface area contributed by atoms with E-state index < -0.39 is 0 Å². The highest BCUT2D eigenvalue weighted by Gasteiger charge is 2.20. The number of aromatic nitrogens is 3. The van der Waals surface area contributed by atoms with E-state index in [9.17, 15) is 4.39 Å². The van der Waals surface area contributed by atoms with Crippen LogP contribution in [0.25, 0.3) is 0 Å². The Labute approximate surface area is 105 Å². The molecule has 3 rings (SSSR count). The number of pyridine rings is 1. The van der Waals surface area contributed by atoms with E-state index in [0.717, 1.165) is 36.5 Å². The zero-order chi connectivity index (χ0) is 12.7. The normalized spacial score (nSPS) is 14.7. The van der Waals surface area contributed by atoms with Crippen LogP contribution in [0.15, 0.2) is 18.5 Å². The molecular weight excluding hydrogens is 231 g/mol. The van der Waals surface area contributed by atoms with Gasteiger partial charge in [0.25, 0.3) is 0 Å². The Morgan fingerprint density at radius 3 is 2.94 bits per heavy atom. The van der Waals surface area contributed by atoms with Crippen molar-refractivity contribution in [2.75, 3.05) is 11.4 Å². The number of hydrogen-bond donors (Lipinski definition) is 0. The number of hydrogen-bond acceptors (Lipinski definition) is 3. The number of fused-ring (bicyclic) bond motifs is 1. The molecule has 3 heterocycles. The topological polar surface area (TPSA) is 34.0 Å². The average Bonchev–Trinajstić information content (AvgIpc) is 2.77. The summed E-state index contributed by atoms with van der Waals surface area (Å²) < 4.78 is 15.2. The van der Waals surface area contributed by atoms with E-state index in [4.69, 9.17) is 0 Å². The van der Waals surface area contributed by atoms with Gasteiger partial charge in [0.15, 0.2) is 0 Å².